The summed E-state index contributed by atoms with van der Waals surface area (Å²) in [6.07, 6.45) is 7.73. The summed E-state index contributed by atoms with van der Waals surface area (Å²) >= 11 is 3.79. The van der Waals surface area contributed by atoms with E-state index in [4.69, 9.17) is 14.2 Å². The quantitative estimate of drug-likeness (QED) is 0.344. The van der Waals surface area contributed by atoms with Gasteiger partial charge in [-0.3, -0.25) is 0 Å². The summed E-state index contributed by atoms with van der Waals surface area (Å²) in [6, 6.07) is 10.2. The third-order valence-electron chi connectivity index (χ3n) is 4.00. The van der Waals surface area contributed by atoms with Gasteiger partial charge < -0.3 is 14.2 Å². The molecule has 0 saturated carbocycles. The minimum Gasteiger partial charge on any atom is -0.385 e. The Kier molecular flexibility index (Phi) is 12.8. The molecule has 1 rings (SSSR count). The first-order valence-corrected chi connectivity index (χ1v) is 11.0. The molecule has 0 N–H and O–H groups in total. The summed E-state index contributed by atoms with van der Waals surface area (Å²) in [5.41, 5.74) is 1.18. The number of hydrogen-bond acceptors (Lipinski definition) is 5. The molecule has 3 nitrogen and oxygen atoms in total. The highest BCUT2D eigenvalue weighted by molar-refractivity contribution is 7.99. The molecule has 0 saturated heterocycles. The SMILES string of the molecule is COCCC(CC(CC(C)SC)OCOCc1ccccc1)SC. The molecule has 1 aromatic carbocycles. The third-order valence-corrected chi connectivity index (χ3v) is 6.09. The molecule has 0 amide bonds. The van der Waals surface area contributed by atoms with Crippen molar-refractivity contribution < 1.29 is 14.2 Å². The average molecular weight is 373 g/mol. The lowest BCUT2D eigenvalue weighted by Gasteiger charge is -2.24. The molecule has 0 radical (unpaired) electrons. The van der Waals surface area contributed by atoms with Crippen LogP contribution in [0.3, 0.4) is 0 Å². The van der Waals surface area contributed by atoms with Gasteiger partial charge in [0, 0.05) is 24.2 Å². The molecule has 3 atom stereocenters. The van der Waals surface area contributed by atoms with E-state index in [1.165, 1.54) is 5.56 Å². The van der Waals surface area contributed by atoms with Gasteiger partial charge in [0.2, 0.25) is 0 Å². The molecule has 0 bridgehead atoms. The molecule has 0 aromatic heterocycles. The zero-order chi connectivity index (χ0) is 17.6. The number of benzene rings is 1. The highest BCUT2D eigenvalue weighted by atomic mass is 32.2. The van der Waals surface area contributed by atoms with Crippen LogP contribution in [0.15, 0.2) is 30.3 Å². The molecular formula is C19H32O3S2. The Morgan fingerprint density at radius 2 is 1.79 bits per heavy atom. The van der Waals surface area contributed by atoms with E-state index >= 15 is 0 Å². The molecule has 0 fully saturated rings. The minimum absolute atomic E-state index is 0.234. The van der Waals surface area contributed by atoms with Gasteiger partial charge in [0.05, 0.1) is 12.7 Å². The zero-order valence-corrected chi connectivity index (χ0v) is 17.0. The van der Waals surface area contributed by atoms with Crippen LogP contribution in [0.4, 0.5) is 0 Å². The van der Waals surface area contributed by atoms with Crippen molar-refractivity contribution in [2.24, 2.45) is 0 Å². The van der Waals surface area contributed by atoms with Crippen LogP contribution in [0.25, 0.3) is 0 Å². The molecule has 0 aliphatic rings. The van der Waals surface area contributed by atoms with E-state index in [0.717, 1.165) is 25.9 Å². The number of methoxy groups -OCH3 is 1. The summed E-state index contributed by atoms with van der Waals surface area (Å²) in [6.45, 7) is 4.02. The predicted molar refractivity (Wildman–Crippen MR) is 107 cm³/mol. The highest BCUT2D eigenvalue weighted by Gasteiger charge is 2.19. The van der Waals surface area contributed by atoms with Crippen LogP contribution in [0, 0.1) is 0 Å². The van der Waals surface area contributed by atoms with E-state index in [1.54, 1.807) is 7.11 Å². The summed E-state index contributed by atoms with van der Waals surface area (Å²) in [5, 5.41) is 1.16. The van der Waals surface area contributed by atoms with E-state index in [1.807, 2.05) is 41.7 Å². The largest absolute Gasteiger partial charge is 0.385 e. The summed E-state index contributed by atoms with van der Waals surface area (Å²) in [4.78, 5) is 0. The van der Waals surface area contributed by atoms with Crippen molar-refractivity contribution in [1.82, 2.24) is 0 Å². The molecule has 0 aliphatic heterocycles. The lowest BCUT2D eigenvalue weighted by atomic mass is 10.1. The standard InChI is InChI=1S/C19H32O3S2/c1-16(23-3)12-18(13-19(24-4)10-11-20-2)22-15-21-14-17-8-6-5-7-9-17/h5-9,16,18-19H,10-15H2,1-4H3. The summed E-state index contributed by atoms with van der Waals surface area (Å²) < 4.78 is 17.0. The first kappa shape index (κ1) is 21.8. The van der Waals surface area contributed by atoms with E-state index < -0.39 is 0 Å². The van der Waals surface area contributed by atoms with Gasteiger partial charge in [0.15, 0.2) is 0 Å². The van der Waals surface area contributed by atoms with Gasteiger partial charge in [-0.05, 0) is 37.3 Å². The number of ether oxygens (including phenoxy) is 3. The normalized spacial score (nSPS) is 15.2. The second kappa shape index (κ2) is 14.0. The first-order valence-electron chi connectivity index (χ1n) is 8.47. The van der Waals surface area contributed by atoms with Gasteiger partial charge in [-0.2, -0.15) is 23.5 Å². The van der Waals surface area contributed by atoms with Crippen molar-refractivity contribution in [2.45, 2.75) is 49.4 Å². The van der Waals surface area contributed by atoms with E-state index in [0.29, 0.717) is 23.9 Å². The van der Waals surface area contributed by atoms with E-state index in [-0.39, 0.29) is 6.10 Å². The first-order chi connectivity index (χ1) is 11.7. The van der Waals surface area contributed by atoms with Crippen molar-refractivity contribution in [1.29, 1.82) is 0 Å². The molecule has 5 heteroatoms. The Hall–Kier alpha value is -0.200. The maximum Gasteiger partial charge on any atom is 0.147 e. The lowest BCUT2D eigenvalue weighted by Crippen LogP contribution is -2.24. The van der Waals surface area contributed by atoms with Crippen molar-refractivity contribution in [2.75, 3.05) is 33.0 Å². The maximum absolute atomic E-state index is 6.06. The number of rotatable bonds is 14. The fourth-order valence-electron chi connectivity index (χ4n) is 2.45. The van der Waals surface area contributed by atoms with Crippen LogP contribution in [0.5, 0.6) is 0 Å². The van der Waals surface area contributed by atoms with Crippen molar-refractivity contribution in [3.8, 4) is 0 Å². The summed E-state index contributed by atoms with van der Waals surface area (Å²) in [5.74, 6) is 0. The van der Waals surface area contributed by atoms with Gasteiger partial charge in [0.25, 0.3) is 0 Å². The Morgan fingerprint density at radius 3 is 2.42 bits per heavy atom. The molecule has 1 aromatic rings. The van der Waals surface area contributed by atoms with Crippen molar-refractivity contribution in [3.63, 3.8) is 0 Å². The third kappa shape index (κ3) is 9.94. The molecule has 3 unspecified atom stereocenters. The van der Waals surface area contributed by atoms with Crippen LogP contribution in [0.2, 0.25) is 0 Å². The monoisotopic (exact) mass is 372 g/mol. The van der Waals surface area contributed by atoms with Gasteiger partial charge >= 0.3 is 0 Å². The molecule has 0 spiro atoms. The second-order valence-electron chi connectivity index (χ2n) is 5.90. The Morgan fingerprint density at radius 1 is 1.04 bits per heavy atom. The predicted octanol–water partition coefficient (Wildman–Crippen LogP) is 4.85. The van der Waals surface area contributed by atoms with Gasteiger partial charge in [-0.25, -0.2) is 0 Å². The fraction of sp³-hybridized carbons (Fsp3) is 0.684. The Labute approximate surface area is 156 Å². The van der Waals surface area contributed by atoms with Gasteiger partial charge in [0.1, 0.15) is 6.79 Å². The van der Waals surface area contributed by atoms with E-state index in [2.05, 4.69) is 31.6 Å². The summed E-state index contributed by atoms with van der Waals surface area (Å²) in [7, 11) is 1.76. The molecule has 0 heterocycles. The van der Waals surface area contributed by atoms with Crippen LogP contribution >= 0.6 is 23.5 Å². The molecule has 138 valence electrons. The van der Waals surface area contributed by atoms with Crippen LogP contribution in [0.1, 0.15) is 31.7 Å². The zero-order valence-electron chi connectivity index (χ0n) is 15.4. The fourth-order valence-corrected chi connectivity index (χ4v) is 3.60. The molecular weight excluding hydrogens is 340 g/mol. The van der Waals surface area contributed by atoms with Gasteiger partial charge in [-0.15, -0.1) is 0 Å². The van der Waals surface area contributed by atoms with Crippen LogP contribution in [-0.4, -0.2) is 49.6 Å². The second-order valence-corrected chi connectivity index (χ2v) is 8.31. The molecule has 24 heavy (non-hydrogen) atoms. The van der Waals surface area contributed by atoms with Gasteiger partial charge in [-0.1, -0.05) is 37.3 Å². The highest BCUT2D eigenvalue weighted by Crippen LogP contribution is 2.24. The Bertz CT molecular complexity index is 403. The maximum atomic E-state index is 6.06. The average Bonchev–Trinajstić information content (AvgIpc) is 2.62. The smallest absolute Gasteiger partial charge is 0.147 e. The van der Waals surface area contributed by atoms with E-state index in [9.17, 15) is 0 Å². The van der Waals surface area contributed by atoms with Crippen LogP contribution < -0.4 is 0 Å². The number of thioether (sulfide) groups is 2. The molecule has 0 aliphatic carbocycles. The van der Waals surface area contributed by atoms with Crippen LogP contribution in [-0.2, 0) is 20.8 Å². The lowest BCUT2D eigenvalue weighted by molar-refractivity contribution is -0.0996. The Balaban J connectivity index is 2.39. The topological polar surface area (TPSA) is 27.7 Å². The van der Waals surface area contributed by atoms with Crippen molar-refractivity contribution in [3.05, 3.63) is 35.9 Å². The minimum atomic E-state index is 0.234. The van der Waals surface area contributed by atoms with Crippen molar-refractivity contribution >= 4 is 23.5 Å². The number of hydrogen-bond donors (Lipinski definition) is 0.